The molecule has 6 nitrogen and oxygen atoms in total. The molecule has 0 aliphatic heterocycles. The third-order valence-electron chi connectivity index (χ3n) is 3.45. The first kappa shape index (κ1) is 17.4. The van der Waals surface area contributed by atoms with Gasteiger partial charge in [-0.25, -0.2) is 0 Å². The van der Waals surface area contributed by atoms with E-state index < -0.39 is 10.5 Å². The Kier molecular flexibility index (Phi) is 5.17. The molecule has 0 aliphatic rings. The average Bonchev–Trinajstić information content (AvgIpc) is 2.53. The molecule has 0 bridgehead atoms. The van der Waals surface area contributed by atoms with Gasteiger partial charge in [-0.2, -0.15) is 5.26 Å². The number of nitro benzene ring substituents is 1. The number of hydrogen-bond donors (Lipinski definition) is 1. The van der Waals surface area contributed by atoms with E-state index in [-0.39, 0.29) is 17.8 Å². The zero-order valence-electron chi connectivity index (χ0n) is 13.6. The summed E-state index contributed by atoms with van der Waals surface area (Å²) < 4.78 is 0. The van der Waals surface area contributed by atoms with Gasteiger partial charge in [0.2, 0.25) is 0 Å². The minimum absolute atomic E-state index is 0.127. The number of hydrogen-bond acceptors (Lipinski definition) is 5. The van der Waals surface area contributed by atoms with Crippen LogP contribution in [0.2, 0.25) is 0 Å². The SMILES string of the molecule is CC(C)(O)CN(Cc1ccccc1)c1ccc([N+](=O)[O-])cc1C#N. The van der Waals surface area contributed by atoms with Gasteiger partial charge in [0.15, 0.2) is 0 Å². The van der Waals surface area contributed by atoms with Crippen LogP contribution in [0.5, 0.6) is 0 Å². The molecular formula is C18H19N3O3. The average molecular weight is 325 g/mol. The van der Waals surface area contributed by atoms with E-state index in [0.717, 1.165) is 5.56 Å². The molecule has 2 aromatic carbocycles. The summed E-state index contributed by atoms with van der Waals surface area (Å²) in [6.07, 6.45) is 0. The number of nitriles is 1. The van der Waals surface area contributed by atoms with E-state index in [9.17, 15) is 20.5 Å². The summed E-state index contributed by atoms with van der Waals surface area (Å²) in [5, 5.41) is 30.5. The third-order valence-corrected chi connectivity index (χ3v) is 3.45. The minimum Gasteiger partial charge on any atom is -0.389 e. The molecule has 0 atom stereocenters. The van der Waals surface area contributed by atoms with Gasteiger partial charge in [-0.3, -0.25) is 10.1 Å². The van der Waals surface area contributed by atoms with Gasteiger partial charge in [0.05, 0.1) is 21.8 Å². The molecule has 0 aliphatic carbocycles. The highest BCUT2D eigenvalue weighted by molar-refractivity contribution is 5.63. The van der Waals surface area contributed by atoms with Crippen LogP contribution < -0.4 is 4.90 Å². The predicted molar refractivity (Wildman–Crippen MR) is 91.6 cm³/mol. The van der Waals surface area contributed by atoms with E-state index in [0.29, 0.717) is 12.2 Å². The van der Waals surface area contributed by atoms with E-state index in [4.69, 9.17) is 0 Å². The lowest BCUT2D eigenvalue weighted by Crippen LogP contribution is -2.38. The second-order valence-electron chi connectivity index (χ2n) is 6.22. The van der Waals surface area contributed by atoms with Crippen molar-refractivity contribution >= 4 is 11.4 Å². The van der Waals surface area contributed by atoms with Crippen LogP contribution in [0.25, 0.3) is 0 Å². The normalized spacial score (nSPS) is 10.9. The van der Waals surface area contributed by atoms with E-state index in [1.807, 2.05) is 41.3 Å². The topological polar surface area (TPSA) is 90.4 Å². The van der Waals surface area contributed by atoms with Crippen molar-refractivity contribution < 1.29 is 10.0 Å². The summed E-state index contributed by atoms with van der Waals surface area (Å²) in [5.41, 5.74) is 0.684. The molecule has 0 fully saturated rings. The Morgan fingerprint density at radius 2 is 1.92 bits per heavy atom. The fraction of sp³-hybridized carbons (Fsp3) is 0.278. The smallest absolute Gasteiger partial charge is 0.270 e. The van der Waals surface area contributed by atoms with Crippen LogP contribution in [0, 0.1) is 21.4 Å². The first-order valence-corrected chi connectivity index (χ1v) is 7.50. The van der Waals surface area contributed by atoms with Gasteiger partial charge in [0.1, 0.15) is 6.07 Å². The maximum absolute atomic E-state index is 10.9. The van der Waals surface area contributed by atoms with Crippen LogP contribution in [0.4, 0.5) is 11.4 Å². The number of nitro groups is 1. The van der Waals surface area contributed by atoms with Crippen LogP contribution in [-0.2, 0) is 6.54 Å². The van der Waals surface area contributed by atoms with Crippen molar-refractivity contribution in [3.05, 3.63) is 69.8 Å². The monoisotopic (exact) mass is 325 g/mol. The Morgan fingerprint density at radius 3 is 2.46 bits per heavy atom. The summed E-state index contributed by atoms with van der Waals surface area (Å²) in [4.78, 5) is 12.2. The van der Waals surface area contributed by atoms with Crippen LogP contribution in [0.3, 0.4) is 0 Å². The van der Waals surface area contributed by atoms with Crippen molar-refractivity contribution in [3.8, 4) is 6.07 Å². The van der Waals surface area contributed by atoms with Gasteiger partial charge in [-0.1, -0.05) is 30.3 Å². The van der Waals surface area contributed by atoms with Crippen molar-refractivity contribution in [2.45, 2.75) is 26.0 Å². The lowest BCUT2D eigenvalue weighted by atomic mass is 10.1. The summed E-state index contributed by atoms with van der Waals surface area (Å²) in [6.45, 7) is 4.14. The number of nitrogens with zero attached hydrogens (tertiary/aromatic N) is 3. The Hall–Kier alpha value is -2.91. The largest absolute Gasteiger partial charge is 0.389 e. The molecule has 0 saturated carbocycles. The second kappa shape index (κ2) is 7.11. The molecule has 2 rings (SSSR count). The Balaban J connectivity index is 2.43. The van der Waals surface area contributed by atoms with Gasteiger partial charge < -0.3 is 10.0 Å². The molecule has 0 aromatic heterocycles. The Morgan fingerprint density at radius 1 is 1.25 bits per heavy atom. The summed E-state index contributed by atoms with van der Waals surface area (Å²) >= 11 is 0. The van der Waals surface area contributed by atoms with Gasteiger partial charge in [-0.15, -0.1) is 0 Å². The highest BCUT2D eigenvalue weighted by Crippen LogP contribution is 2.27. The molecule has 0 heterocycles. The molecular weight excluding hydrogens is 306 g/mol. The number of benzene rings is 2. The number of aliphatic hydroxyl groups is 1. The van der Waals surface area contributed by atoms with Crippen LogP contribution in [-0.4, -0.2) is 22.2 Å². The van der Waals surface area contributed by atoms with Crippen LogP contribution >= 0.6 is 0 Å². The standard InChI is InChI=1S/C18H19N3O3/c1-18(2,22)13-20(12-14-6-4-3-5-7-14)17-9-8-16(21(23)24)10-15(17)11-19/h3-10,22H,12-13H2,1-2H3. The summed E-state index contributed by atoms with van der Waals surface area (Å²) in [6, 6.07) is 15.9. The predicted octanol–water partition coefficient (Wildman–Crippen LogP) is 3.24. The van der Waals surface area contributed by atoms with E-state index in [1.54, 1.807) is 19.9 Å². The first-order valence-electron chi connectivity index (χ1n) is 7.50. The molecule has 0 unspecified atom stereocenters. The molecule has 0 radical (unpaired) electrons. The lowest BCUT2D eigenvalue weighted by molar-refractivity contribution is -0.384. The zero-order valence-corrected chi connectivity index (χ0v) is 13.6. The van der Waals surface area contributed by atoms with Crippen molar-refractivity contribution in [2.75, 3.05) is 11.4 Å². The fourth-order valence-electron chi connectivity index (χ4n) is 2.50. The maximum Gasteiger partial charge on any atom is 0.270 e. The zero-order chi connectivity index (χ0) is 17.7. The second-order valence-corrected chi connectivity index (χ2v) is 6.22. The van der Waals surface area contributed by atoms with Crippen molar-refractivity contribution in [1.82, 2.24) is 0 Å². The van der Waals surface area contributed by atoms with Crippen molar-refractivity contribution in [3.63, 3.8) is 0 Å². The maximum atomic E-state index is 10.9. The lowest BCUT2D eigenvalue weighted by Gasteiger charge is -2.31. The molecule has 0 spiro atoms. The summed E-state index contributed by atoms with van der Waals surface area (Å²) in [7, 11) is 0. The van der Waals surface area contributed by atoms with E-state index in [2.05, 4.69) is 0 Å². The number of rotatable bonds is 6. The molecule has 24 heavy (non-hydrogen) atoms. The number of non-ortho nitro benzene ring substituents is 1. The third kappa shape index (κ3) is 4.54. The first-order chi connectivity index (χ1) is 11.3. The molecule has 6 heteroatoms. The molecule has 2 aromatic rings. The van der Waals surface area contributed by atoms with Crippen molar-refractivity contribution in [2.24, 2.45) is 0 Å². The Bertz CT molecular complexity index is 761. The highest BCUT2D eigenvalue weighted by Gasteiger charge is 2.22. The Labute approximate surface area is 140 Å². The minimum atomic E-state index is -0.983. The van der Waals surface area contributed by atoms with E-state index >= 15 is 0 Å². The van der Waals surface area contributed by atoms with Gasteiger partial charge in [0.25, 0.3) is 5.69 Å². The van der Waals surface area contributed by atoms with Gasteiger partial charge in [0, 0.05) is 25.2 Å². The number of anilines is 1. The molecule has 0 saturated heterocycles. The van der Waals surface area contributed by atoms with Crippen molar-refractivity contribution in [1.29, 1.82) is 5.26 Å². The van der Waals surface area contributed by atoms with Crippen LogP contribution in [0.15, 0.2) is 48.5 Å². The molecule has 0 amide bonds. The van der Waals surface area contributed by atoms with E-state index in [1.165, 1.54) is 12.1 Å². The fourth-order valence-corrected chi connectivity index (χ4v) is 2.50. The molecule has 1 N–H and O–H groups in total. The van der Waals surface area contributed by atoms with Crippen LogP contribution in [0.1, 0.15) is 25.0 Å². The summed E-state index contributed by atoms with van der Waals surface area (Å²) in [5.74, 6) is 0. The van der Waals surface area contributed by atoms with Gasteiger partial charge in [-0.05, 0) is 25.5 Å². The molecule has 124 valence electrons. The van der Waals surface area contributed by atoms with Gasteiger partial charge >= 0.3 is 0 Å². The highest BCUT2D eigenvalue weighted by atomic mass is 16.6. The quantitative estimate of drug-likeness (QED) is 0.650.